The number of benzene rings is 1. The summed E-state index contributed by atoms with van der Waals surface area (Å²) in [4.78, 5) is 6.82. The zero-order valence-corrected chi connectivity index (χ0v) is 13.4. The zero-order chi connectivity index (χ0) is 14.1. The van der Waals surface area contributed by atoms with Gasteiger partial charge < -0.3 is 9.84 Å². The first-order valence-corrected chi connectivity index (χ1v) is 6.97. The minimum absolute atomic E-state index is 0. The number of rotatable bonds is 2. The summed E-state index contributed by atoms with van der Waals surface area (Å²) in [5.74, 6) is 1.36. The average Bonchev–Trinajstić information content (AvgIpc) is 2.92. The number of halogens is 1. The van der Waals surface area contributed by atoms with E-state index in [0.29, 0.717) is 5.89 Å². The summed E-state index contributed by atoms with van der Waals surface area (Å²) in [6, 6.07) is 6.40. The van der Waals surface area contributed by atoms with Crippen LogP contribution in [0.15, 0.2) is 22.7 Å². The molecule has 0 amide bonds. The molecule has 1 N–H and O–H groups in total. The van der Waals surface area contributed by atoms with Crippen LogP contribution in [0.3, 0.4) is 0 Å². The van der Waals surface area contributed by atoms with Crippen molar-refractivity contribution in [2.75, 3.05) is 26.7 Å². The number of piperazine rings is 1. The van der Waals surface area contributed by atoms with Gasteiger partial charge in [0.05, 0.1) is 6.04 Å². The van der Waals surface area contributed by atoms with Gasteiger partial charge >= 0.3 is 0 Å². The molecule has 5 nitrogen and oxygen atoms in total. The normalized spacial score (nSPS) is 19.3. The topological polar surface area (TPSA) is 54.2 Å². The Balaban J connectivity index is 0.00000161. The van der Waals surface area contributed by atoms with E-state index in [9.17, 15) is 0 Å². The number of hydrogen-bond acceptors (Lipinski definition) is 5. The Hall–Kier alpha value is -1.43. The summed E-state index contributed by atoms with van der Waals surface area (Å²) in [7, 11) is 2.09. The van der Waals surface area contributed by atoms with E-state index in [1.54, 1.807) is 0 Å². The molecule has 0 bridgehead atoms. The molecule has 1 aliphatic heterocycles. The van der Waals surface area contributed by atoms with Gasteiger partial charge in [-0.3, -0.25) is 4.90 Å². The van der Waals surface area contributed by atoms with Crippen LogP contribution in [0.5, 0.6) is 0 Å². The van der Waals surface area contributed by atoms with Crippen LogP contribution in [0.25, 0.3) is 11.5 Å². The second-order valence-electron chi connectivity index (χ2n) is 5.46. The second kappa shape index (κ2) is 6.56. The van der Waals surface area contributed by atoms with Crippen molar-refractivity contribution in [1.82, 2.24) is 20.4 Å². The van der Waals surface area contributed by atoms with Crippen LogP contribution in [-0.4, -0.2) is 41.7 Å². The molecular weight excluding hydrogens is 288 g/mol. The van der Waals surface area contributed by atoms with E-state index < -0.39 is 0 Å². The van der Waals surface area contributed by atoms with Crippen molar-refractivity contribution in [1.29, 1.82) is 0 Å². The molecule has 1 fully saturated rings. The third kappa shape index (κ3) is 3.26. The molecule has 0 radical (unpaired) electrons. The number of nitrogens with one attached hydrogen (secondary N) is 1. The summed E-state index contributed by atoms with van der Waals surface area (Å²) in [6.45, 7) is 7.06. The Labute approximate surface area is 131 Å². The molecule has 0 saturated carbocycles. The van der Waals surface area contributed by atoms with Crippen molar-refractivity contribution >= 4 is 12.4 Å². The minimum atomic E-state index is 0. The van der Waals surface area contributed by atoms with Crippen LogP contribution in [0.2, 0.25) is 0 Å². The smallest absolute Gasteiger partial charge is 0.257 e. The van der Waals surface area contributed by atoms with Gasteiger partial charge in [0.25, 0.3) is 5.89 Å². The van der Waals surface area contributed by atoms with Crippen LogP contribution in [0, 0.1) is 13.8 Å². The molecule has 1 unspecified atom stereocenters. The van der Waals surface area contributed by atoms with Crippen molar-refractivity contribution < 1.29 is 4.52 Å². The van der Waals surface area contributed by atoms with E-state index in [1.807, 2.05) is 6.07 Å². The number of nitrogens with zero attached hydrogens (tertiary/aromatic N) is 3. The lowest BCUT2D eigenvalue weighted by atomic mass is 10.1. The number of aromatic nitrogens is 2. The van der Waals surface area contributed by atoms with E-state index >= 15 is 0 Å². The maximum atomic E-state index is 5.43. The molecule has 1 atom stereocenters. The molecule has 1 aromatic carbocycles. The maximum Gasteiger partial charge on any atom is 0.257 e. The highest BCUT2D eigenvalue weighted by atomic mass is 35.5. The molecule has 6 heteroatoms. The van der Waals surface area contributed by atoms with Gasteiger partial charge in [-0.25, -0.2) is 0 Å². The van der Waals surface area contributed by atoms with Crippen LogP contribution < -0.4 is 5.32 Å². The van der Waals surface area contributed by atoms with Gasteiger partial charge in [-0.1, -0.05) is 11.2 Å². The Morgan fingerprint density at radius 2 is 2.10 bits per heavy atom. The molecule has 21 heavy (non-hydrogen) atoms. The quantitative estimate of drug-likeness (QED) is 0.923. The summed E-state index contributed by atoms with van der Waals surface area (Å²) in [5, 5.41) is 7.52. The van der Waals surface area contributed by atoms with Gasteiger partial charge in [-0.05, 0) is 44.2 Å². The summed E-state index contributed by atoms with van der Waals surface area (Å²) in [6.07, 6.45) is 0. The van der Waals surface area contributed by atoms with Crippen molar-refractivity contribution in [2.45, 2.75) is 19.9 Å². The molecule has 2 heterocycles. The lowest BCUT2D eigenvalue weighted by molar-refractivity contribution is 0.190. The van der Waals surface area contributed by atoms with Gasteiger partial charge in [-0.2, -0.15) is 4.98 Å². The monoisotopic (exact) mass is 308 g/mol. The van der Waals surface area contributed by atoms with Crippen molar-refractivity contribution in [3.05, 3.63) is 35.2 Å². The number of likely N-dealkylation sites (N-methyl/N-ethyl adjacent to an activating group) is 1. The molecule has 3 rings (SSSR count). The van der Waals surface area contributed by atoms with E-state index in [0.717, 1.165) is 31.0 Å². The van der Waals surface area contributed by atoms with E-state index in [1.165, 1.54) is 11.1 Å². The molecule has 114 valence electrons. The molecule has 0 spiro atoms. The van der Waals surface area contributed by atoms with Gasteiger partial charge in [0, 0.05) is 25.2 Å². The van der Waals surface area contributed by atoms with Gasteiger partial charge in [0.15, 0.2) is 5.82 Å². The number of hydrogen-bond donors (Lipinski definition) is 1. The predicted molar refractivity (Wildman–Crippen MR) is 84.7 cm³/mol. The molecule has 1 saturated heterocycles. The average molecular weight is 309 g/mol. The largest absolute Gasteiger partial charge is 0.334 e. The van der Waals surface area contributed by atoms with Crippen LogP contribution in [0.1, 0.15) is 23.0 Å². The zero-order valence-electron chi connectivity index (χ0n) is 12.6. The second-order valence-corrected chi connectivity index (χ2v) is 5.46. The Morgan fingerprint density at radius 3 is 2.81 bits per heavy atom. The minimum Gasteiger partial charge on any atom is -0.334 e. The van der Waals surface area contributed by atoms with Crippen LogP contribution in [0.4, 0.5) is 0 Å². The fourth-order valence-corrected chi connectivity index (χ4v) is 2.46. The molecule has 1 aromatic heterocycles. The third-order valence-electron chi connectivity index (χ3n) is 4.00. The Bertz CT molecular complexity index is 613. The highest BCUT2D eigenvalue weighted by Crippen LogP contribution is 2.24. The lowest BCUT2D eigenvalue weighted by Crippen LogP contribution is -2.44. The van der Waals surface area contributed by atoms with Crippen LogP contribution in [-0.2, 0) is 0 Å². The fourth-order valence-electron chi connectivity index (χ4n) is 2.46. The standard InChI is InChI=1S/C15H20N4O.ClH/c1-10-4-5-12(8-11(10)2)15-17-14(18-20-15)13-9-16-6-7-19(13)3;/h4-5,8,13,16H,6-7,9H2,1-3H3;1H. The van der Waals surface area contributed by atoms with Gasteiger partial charge in [-0.15, -0.1) is 12.4 Å². The van der Waals surface area contributed by atoms with Gasteiger partial charge in [0.1, 0.15) is 0 Å². The predicted octanol–water partition coefficient (Wildman–Crippen LogP) is 2.35. The van der Waals surface area contributed by atoms with E-state index in [-0.39, 0.29) is 18.4 Å². The highest BCUT2D eigenvalue weighted by Gasteiger charge is 2.25. The lowest BCUT2D eigenvalue weighted by Gasteiger charge is -2.30. The Morgan fingerprint density at radius 1 is 1.29 bits per heavy atom. The van der Waals surface area contributed by atoms with E-state index in [2.05, 4.69) is 53.4 Å². The first kappa shape index (κ1) is 15.9. The van der Waals surface area contributed by atoms with Crippen molar-refractivity contribution in [2.24, 2.45) is 0 Å². The first-order chi connectivity index (χ1) is 9.65. The molecular formula is C15H21ClN4O. The molecule has 2 aromatic rings. The summed E-state index contributed by atoms with van der Waals surface area (Å²) < 4.78 is 5.43. The van der Waals surface area contributed by atoms with Gasteiger partial charge in [0.2, 0.25) is 0 Å². The fraction of sp³-hybridized carbons (Fsp3) is 0.467. The maximum absolute atomic E-state index is 5.43. The van der Waals surface area contributed by atoms with Crippen LogP contribution >= 0.6 is 12.4 Å². The molecule has 0 aliphatic carbocycles. The molecule has 1 aliphatic rings. The first-order valence-electron chi connectivity index (χ1n) is 6.97. The SMILES string of the molecule is Cc1ccc(-c2nc(C3CNCCN3C)no2)cc1C.Cl. The van der Waals surface area contributed by atoms with E-state index in [4.69, 9.17) is 4.52 Å². The van der Waals surface area contributed by atoms with Crippen molar-refractivity contribution in [3.63, 3.8) is 0 Å². The third-order valence-corrected chi connectivity index (χ3v) is 4.00. The summed E-state index contributed by atoms with van der Waals surface area (Å²) >= 11 is 0. The highest BCUT2D eigenvalue weighted by molar-refractivity contribution is 5.85. The van der Waals surface area contributed by atoms with Crippen molar-refractivity contribution in [3.8, 4) is 11.5 Å². The summed E-state index contributed by atoms with van der Waals surface area (Å²) in [5.41, 5.74) is 3.49. The number of aryl methyl sites for hydroxylation is 2. The Kier molecular flexibility index (Phi) is 4.98.